The van der Waals surface area contributed by atoms with Crippen LogP contribution in [0.1, 0.15) is 22.7 Å². The largest absolute Gasteiger partial charge is 0.502 e. The Labute approximate surface area is 184 Å². The summed E-state index contributed by atoms with van der Waals surface area (Å²) in [4.78, 5) is 10.6. The number of nitrogens with zero attached hydrogens (tertiary/aromatic N) is 1. The summed E-state index contributed by atoms with van der Waals surface area (Å²) in [6.45, 7) is 0.777. The van der Waals surface area contributed by atoms with Gasteiger partial charge in [-0.2, -0.15) is 0 Å². The first kappa shape index (κ1) is 21.5. The monoisotopic (exact) mass is 602 g/mol. The van der Waals surface area contributed by atoms with Crippen molar-refractivity contribution < 1.29 is 14.8 Å². The van der Waals surface area contributed by atoms with Crippen LogP contribution in [-0.2, 0) is 12.8 Å². The van der Waals surface area contributed by atoms with Crippen molar-refractivity contribution in [3.63, 3.8) is 0 Å². The lowest BCUT2D eigenvalue weighted by Crippen LogP contribution is -2.31. The molecule has 1 aliphatic rings. The topological polar surface area (TPSA) is 84.6 Å². The summed E-state index contributed by atoms with van der Waals surface area (Å²) in [7, 11) is 1.66. The van der Waals surface area contributed by atoms with E-state index >= 15 is 0 Å². The summed E-state index contributed by atoms with van der Waals surface area (Å²) < 4.78 is 7.47. The highest BCUT2D eigenvalue weighted by molar-refractivity contribution is 14.1. The molecule has 0 saturated carbocycles. The van der Waals surface area contributed by atoms with E-state index in [0.717, 1.165) is 42.5 Å². The Bertz CT molecular complexity index is 825. The maximum Gasteiger partial charge on any atom is 0.311 e. The minimum atomic E-state index is -0.541. The predicted molar refractivity (Wildman–Crippen MR) is 119 cm³/mol. The molecule has 0 aliphatic carbocycles. The molecule has 0 saturated heterocycles. The molecule has 2 aromatic carbocycles. The van der Waals surface area contributed by atoms with Crippen molar-refractivity contribution in [2.75, 3.05) is 13.7 Å². The van der Waals surface area contributed by atoms with Crippen molar-refractivity contribution in [1.82, 2.24) is 5.32 Å². The summed E-state index contributed by atoms with van der Waals surface area (Å²) in [5.41, 5.74) is 2.74. The predicted octanol–water partition coefficient (Wildman–Crippen LogP) is 4.37. The normalized spacial score (nSPS) is 15.7. The highest BCUT2D eigenvalue weighted by Gasteiger charge is 2.26. The Hall–Kier alpha value is -0.850. The number of hydrogen-bond acceptors (Lipinski definition) is 5. The second kappa shape index (κ2) is 8.89. The molecule has 0 aromatic heterocycles. The number of nitrogens with one attached hydrogen (secondary N) is 1. The summed E-state index contributed by atoms with van der Waals surface area (Å²) in [6, 6.07) is 7.16. The Morgan fingerprint density at radius 3 is 2.54 bits per heavy atom. The van der Waals surface area contributed by atoms with Crippen molar-refractivity contribution in [3.8, 4) is 11.5 Å². The molecular weight excluding hydrogens is 585 g/mol. The Kier molecular flexibility index (Phi) is 7.34. The highest BCUT2D eigenvalue weighted by Crippen LogP contribution is 2.36. The molecule has 0 radical (unpaired) electrons. The van der Waals surface area contributed by atoms with E-state index in [-0.39, 0.29) is 29.9 Å². The lowest BCUT2D eigenvalue weighted by atomic mass is 9.89. The Balaban J connectivity index is 0.00000243. The molecule has 6 nitrogen and oxygen atoms in total. The molecule has 0 amide bonds. The zero-order chi connectivity index (χ0) is 18.1. The van der Waals surface area contributed by atoms with Crippen molar-refractivity contribution >= 4 is 63.3 Å². The lowest BCUT2D eigenvalue weighted by Gasteiger charge is -2.27. The number of phenolic OH excluding ortho intramolecular Hbond substituents is 1. The van der Waals surface area contributed by atoms with E-state index in [0.29, 0.717) is 6.42 Å². The summed E-state index contributed by atoms with van der Waals surface area (Å²) in [5, 5.41) is 24.4. The van der Waals surface area contributed by atoms with Crippen LogP contribution in [0.3, 0.4) is 0 Å². The fourth-order valence-corrected chi connectivity index (χ4v) is 5.49. The quantitative estimate of drug-likeness (QED) is 0.309. The molecular formula is C17H17ClI2N2O4. The molecule has 0 bridgehead atoms. The molecule has 26 heavy (non-hydrogen) atoms. The van der Waals surface area contributed by atoms with Crippen molar-refractivity contribution in [3.05, 3.63) is 58.2 Å². The number of benzene rings is 2. The maximum atomic E-state index is 11.1. The second-order valence-electron chi connectivity index (χ2n) is 5.85. The number of halogens is 3. The third-order valence-corrected chi connectivity index (χ3v) is 5.90. The molecule has 140 valence electrons. The van der Waals surface area contributed by atoms with Crippen LogP contribution in [0, 0.1) is 17.3 Å². The van der Waals surface area contributed by atoms with Gasteiger partial charge in [-0.3, -0.25) is 10.1 Å². The van der Waals surface area contributed by atoms with Crippen molar-refractivity contribution in [2.24, 2.45) is 0 Å². The number of nitro groups is 1. The van der Waals surface area contributed by atoms with Crippen molar-refractivity contribution in [2.45, 2.75) is 18.9 Å². The number of fused-ring (bicyclic) bond motifs is 1. The van der Waals surface area contributed by atoms with Gasteiger partial charge in [0.25, 0.3) is 0 Å². The highest BCUT2D eigenvalue weighted by atomic mass is 127. The van der Waals surface area contributed by atoms with E-state index in [1.165, 1.54) is 12.1 Å². The summed E-state index contributed by atoms with van der Waals surface area (Å²) in [6.07, 6.45) is 1.46. The van der Waals surface area contributed by atoms with Crippen LogP contribution in [-0.4, -0.2) is 23.7 Å². The van der Waals surface area contributed by atoms with E-state index in [4.69, 9.17) is 4.74 Å². The van der Waals surface area contributed by atoms with Gasteiger partial charge in [0.15, 0.2) is 5.75 Å². The molecule has 0 unspecified atom stereocenters. The van der Waals surface area contributed by atoms with Crippen LogP contribution >= 0.6 is 57.6 Å². The smallest absolute Gasteiger partial charge is 0.311 e. The van der Waals surface area contributed by atoms with Crippen LogP contribution < -0.4 is 10.1 Å². The Morgan fingerprint density at radius 2 is 1.96 bits per heavy atom. The average molecular weight is 603 g/mol. The van der Waals surface area contributed by atoms with Gasteiger partial charge in [-0.05, 0) is 99.5 Å². The third-order valence-electron chi connectivity index (χ3n) is 4.30. The van der Waals surface area contributed by atoms with Gasteiger partial charge in [0.05, 0.1) is 19.2 Å². The van der Waals surface area contributed by atoms with E-state index < -0.39 is 4.92 Å². The molecule has 2 aromatic rings. The molecule has 1 atom stereocenters. The van der Waals surface area contributed by atoms with Crippen LogP contribution in [0.25, 0.3) is 0 Å². The number of rotatable bonds is 4. The Morgan fingerprint density at radius 1 is 1.31 bits per heavy atom. The third kappa shape index (κ3) is 4.34. The van der Waals surface area contributed by atoms with Gasteiger partial charge >= 0.3 is 5.69 Å². The lowest BCUT2D eigenvalue weighted by molar-refractivity contribution is -0.386. The second-order valence-corrected chi connectivity index (χ2v) is 8.17. The van der Waals surface area contributed by atoms with Crippen LogP contribution in [0.2, 0.25) is 0 Å². The van der Waals surface area contributed by atoms with Gasteiger partial charge in [0.2, 0.25) is 0 Å². The molecule has 9 heteroatoms. The number of aromatic hydroxyl groups is 1. The molecule has 3 rings (SSSR count). The van der Waals surface area contributed by atoms with E-state index in [1.54, 1.807) is 7.11 Å². The molecule has 1 aliphatic heterocycles. The van der Waals surface area contributed by atoms with Crippen molar-refractivity contribution in [1.29, 1.82) is 0 Å². The zero-order valence-electron chi connectivity index (χ0n) is 13.8. The van der Waals surface area contributed by atoms with Gasteiger partial charge in [-0.15, -0.1) is 12.4 Å². The fraction of sp³-hybridized carbons (Fsp3) is 0.294. The molecule has 1 heterocycles. The van der Waals surface area contributed by atoms with E-state index in [9.17, 15) is 15.2 Å². The van der Waals surface area contributed by atoms with Gasteiger partial charge < -0.3 is 15.2 Å². The number of phenols is 1. The average Bonchev–Trinajstić information content (AvgIpc) is 2.54. The molecule has 0 spiro atoms. The van der Waals surface area contributed by atoms with Crippen LogP contribution in [0.5, 0.6) is 11.5 Å². The number of nitro benzene ring substituents is 1. The van der Waals surface area contributed by atoms with Gasteiger partial charge in [0, 0.05) is 12.1 Å². The molecule has 2 N–H and O–H groups in total. The van der Waals surface area contributed by atoms with E-state index in [1.807, 2.05) is 0 Å². The van der Waals surface area contributed by atoms with E-state index in [2.05, 4.69) is 62.6 Å². The van der Waals surface area contributed by atoms with Gasteiger partial charge in [-0.25, -0.2) is 0 Å². The minimum absolute atomic E-state index is 0. The van der Waals surface area contributed by atoms with Crippen LogP contribution in [0.4, 0.5) is 5.69 Å². The minimum Gasteiger partial charge on any atom is -0.502 e. The first-order chi connectivity index (χ1) is 11.9. The molecule has 0 fully saturated rings. The zero-order valence-corrected chi connectivity index (χ0v) is 18.9. The van der Waals surface area contributed by atoms with Crippen LogP contribution in [0.15, 0.2) is 24.3 Å². The first-order valence-electron chi connectivity index (χ1n) is 7.66. The fourth-order valence-electron chi connectivity index (χ4n) is 3.16. The van der Waals surface area contributed by atoms with Gasteiger partial charge in [0.1, 0.15) is 5.75 Å². The number of methoxy groups -OCH3 is 1. The first-order valence-corrected chi connectivity index (χ1v) is 9.82. The number of ether oxygens (including phenoxy) is 1. The van der Waals surface area contributed by atoms with Gasteiger partial charge in [-0.1, -0.05) is 0 Å². The summed E-state index contributed by atoms with van der Waals surface area (Å²) >= 11 is 4.50. The standard InChI is InChI=1S/C17H16I2N2O4.ClH/c1-25-17-12(18)4-9(5-13(17)19)6-14-11-8-15(21(23)24)16(22)7-10(11)2-3-20-14;/h4-5,7-8,14,20,22H,2-3,6H2,1H3;1H/t14-;/m1./s1. The maximum absolute atomic E-state index is 11.1. The number of hydrogen-bond donors (Lipinski definition) is 2. The summed E-state index contributed by atoms with van der Waals surface area (Å²) in [5.74, 6) is 0.598. The SMILES string of the molecule is COc1c(I)cc(C[C@H]2NCCc3cc(O)c([N+](=O)[O-])cc32)cc1I.Cl.